The van der Waals surface area contributed by atoms with E-state index in [4.69, 9.17) is 0 Å². The maximum Gasteiger partial charge on any atom is 0.161 e. The standard InChI is InChI=1S/C11H15BrO/c1-7-4-5-10(8(2)6-12)9(3)11(7)13/h4,9-10H,2,5-6H2,1,3H3/t9?,10-/m0/s1. The number of halogens is 1. The molecular formula is C11H15BrO. The van der Waals surface area contributed by atoms with Crippen LogP contribution in [0.2, 0.25) is 0 Å². The Morgan fingerprint density at radius 1 is 1.77 bits per heavy atom. The number of hydrogen-bond acceptors (Lipinski definition) is 1. The highest BCUT2D eigenvalue weighted by molar-refractivity contribution is 9.09. The zero-order valence-electron chi connectivity index (χ0n) is 8.14. The minimum absolute atomic E-state index is 0.107. The molecule has 0 heterocycles. The van der Waals surface area contributed by atoms with E-state index in [9.17, 15) is 4.79 Å². The molecule has 0 N–H and O–H groups in total. The molecule has 2 atom stereocenters. The van der Waals surface area contributed by atoms with Gasteiger partial charge in [-0.15, -0.1) is 0 Å². The molecule has 1 rings (SSSR count). The second kappa shape index (κ2) is 4.23. The van der Waals surface area contributed by atoms with Crippen LogP contribution in [-0.4, -0.2) is 11.1 Å². The van der Waals surface area contributed by atoms with Gasteiger partial charge in [0.05, 0.1) is 0 Å². The Bertz CT molecular complexity index is 265. The molecule has 0 spiro atoms. The highest BCUT2D eigenvalue weighted by Crippen LogP contribution is 2.31. The van der Waals surface area contributed by atoms with E-state index in [2.05, 4.69) is 22.5 Å². The van der Waals surface area contributed by atoms with Crippen LogP contribution in [0.15, 0.2) is 23.8 Å². The van der Waals surface area contributed by atoms with Gasteiger partial charge in [0.15, 0.2) is 5.78 Å². The molecule has 1 unspecified atom stereocenters. The van der Waals surface area contributed by atoms with Crippen molar-refractivity contribution in [2.75, 3.05) is 5.33 Å². The number of hydrogen-bond donors (Lipinski definition) is 0. The van der Waals surface area contributed by atoms with E-state index in [1.165, 1.54) is 0 Å². The van der Waals surface area contributed by atoms with Crippen molar-refractivity contribution in [3.63, 3.8) is 0 Å². The molecule has 0 aromatic rings. The van der Waals surface area contributed by atoms with Gasteiger partial charge in [0.2, 0.25) is 0 Å². The van der Waals surface area contributed by atoms with Gasteiger partial charge in [0.1, 0.15) is 0 Å². The van der Waals surface area contributed by atoms with Crippen LogP contribution in [0.4, 0.5) is 0 Å². The van der Waals surface area contributed by atoms with Crippen LogP contribution in [-0.2, 0) is 4.79 Å². The second-order valence-electron chi connectivity index (χ2n) is 3.67. The molecule has 0 saturated heterocycles. The smallest absolute Gasteiger partial charge is 0.161 e. The molecule has 13 heavy (non-hydrogen) atoms. The third-order valence-electron chi connectivity index (χ3n) is 2.78. The predicted molar refractivity (Wildman–Crippen MR) is 59.0 cm³/mol. The monoisotopic (exact) mass is 242 g/mol. The molecule has 1 aliphatic rings. The van der Waals surface area contributed by atoms with Crippen LogP contribution in [0, 0.1) is 11.8 Å². The van der Waals surface area contributed by atoms with Gasteiger partial charge in [-0.3, -0.25) is 4.79 Å². The number of rotatable bonds is 2. The lowest BCUT2D eigenvalue weighted by Gasteiger charge is -2.27. The Balaban J connectivity index is 2.82. The summed E-state index contributed by atoms with van der Waals surface area (Å²) in [7, 11) is 0. The molecule has 0 amide bonds. The molecular weight excluding hydrogens is 228 g/mol. The quantitative estimate of drug-likeness (QED) is 0.538. The third-order valence-corrected chi connectivity index (χ3v) is 3.50. The largest absolute Gasteiger partial charge is 0.294 e. The van der Waals surface area contributed by atoms with Gasteiger partial charge in [-0.05, 0) is 24.8 Å². The van der Waals surface area contributed by atoms with Crippen molar-refractivity contribution in [2.45, 2.75) is 20.3 Å². The van der Waals surface area contributed by atoms with Crippen LogP contribution in [0.25, 0.3) is 0 Å². The summed E-state index contributed by atoms with van der Waals surface area (Å²) in [4.78, 5) is 11.6. The zero-order valence-corrected chi connectivity index (χ0v) is 9.73. The lowest BCUT2D eigenvalue weighted by Crippen LogP contribution is -2.27. The van der Waals surface area contributed by atoms with Gasteiger partial charge in [-0.25, -0.2) is 0 Å². The van der Waals surface area contributed by atoms with E-state index in [1.54, 1.807) is 0 Å². The van der Waals surface area contributed by atoms with Gasteiger partial charge >= 0.3 is 0 Å². The Kier molecular flexibility index (Phi) is 3.48. The fourth-order valence-corrected chi connectivity index (χ4v) is 2.19. The van der Waals surface area contributed by atoms with Gasteiger partial charge < -0.3 is 0 Å². The fraction of sp³-hybridized carbons (Fsp3) is 0.545. The maximum atomic E-state index is 11.6. The summed E-state index contributed by atoms with van der Waals surface area (Å²) in [6.07, 6.45) is 2.99. The summed E-state index contributed by atoms with van der Waals surface area (Å²) in [5.74, 6) is 0.712. The molecule has 0 aliphatic heterocycles. The van der Waals surface area contributed by atoms with E-state index in [1.807, 2.05) is 19.9 Å². The van der Waals surface area contributed by atoms with Crippen molar-refractivity contribution in [3.8, 4) is 0 Å². The molecule has 0 saturated carbocycles. The fourth-order valence-electron chi connectivity index (χ4n) is 1.77. The zero-order chi connectivity index (χ0) is 10.0. The van der Waals surface area contributed by atoms with E-state index in [0.717, 1.165) is 22.9 Å². The van der Waals surface area contributed by atoms with Crippen molar-refractivity contribution in [2.24, 2.45) is 11.8 Å². The first-order valence-corrected chi connectivity index (χ1v) is 5.64. The van der Waals surface area contributed by atoms with Crippen LogP contribution in [0.1, 0.15) is 20.3 Å². The molecule has 0 aromatic heterocycles. The van der Waals surface area contributed by atoms with Gasteiger partial charge in [-0.1, -0.05) is 41.1 Å². The van der Waals surface area contributed by atoms with Crippen LogP contribution < -0.4 is 0 Å². The lowest BCUT2D eigenvalue weighted by molar-refractivity contribution is -0.120. The Morgan fingerprint density at radius 3 is 2.92 bits per heavy atom. The van der Waals surface area contributed by atoms with Crippen LogP contribution in [0.3, 0.4) is 0 Å². The summed E-state index contributed by atoms with van der Waals surface area (Å²) in [6, 6.07) is 0. The minimum Gasteiger partial charge on any atom is -0.294 e. The lowest BCUT2D eigenvalue weighted by atomic mass is 9.77. The average molecular weight is 243 g/mol. The summed E-state index contributed by atoms with van der Waals surface area (Å²) in [5.41, 5.74) is 2.04. The second-order valence-corrected chi connectivity index (χ2v) is 4.23. The Morgan fingerprint density at radius 2 is 2.38 bits per heavy atom. The number of ketones is 1. The number of carbonyl (C=O) groups is 1. The molecule has 1 nitrogen and oxygen atoms in total. The maximum absolute atomic E-state index is 11.6. The molecule has 0 fully saturated rings. The Hall–Kier alpha value is -0.370. The predicted octanol–water partition coefficient (Wildman–Crippen LogP) is 3.11. The number of Topliss-reactive ketones (excluding diaryl/α,β-unsaturated/α-hetero) is 1. The SMILES string of the molecule is C=C(CBr)[C@@H]1CC=C(C)C(=O)C1C. The highest BCUT2D eigenvalue weighted by Gasteiger charge is 2.29. The third kappa shape index (κ3) is 2.11. The Labute approximate surface area is 88.0 Å². The first-order valence-electron chi connectivity index (χ1n) is 4.52. The van der Waals surface area contributed by atoms with Crippen molar-refractivity contribution in [1.82, 2.24) is 0 Å². The van der Waals surface area contributed by atoms with Crippen molar-refractivity contribution < 1.29 is 4.79 Å². The van der Waals surface area contributed by atoms with Crippen molar-refractivity contribution in [3.05, 3.63) is 23.8 Å². The van der Waals surface area contributed by atoms with E-state index < -0.39 is 0 Å². The van der Waals surface area contributed by atoms with Gasteiger partial charge in [0, 0.05) is 11.2 Å². The number of allylic oxidation sites excluding steroid dienone is 3. The summed E-state index contributed by atoms with van der Waals surface area (Å²) in [5, 5.41) is 0.794. The van der Waals surface area contributed by atoms with Gasteiger partial charge in [-0.2, -0.15) is 0 Å². The van der Waals surface area contributed by atoms with Crippen LogP contribution >= 0.6 is 15.9 Å². The van der Waals surface area contributed by atoms with E-state index >= 15 is 0 Å². The average Bonchev–Trinajstić information content (AvgIpc) is 2.13. The molecule has 0 aromatic carbocycles. The molecule has 0 bridgehead atoms. The van der Waals surface area contributed by atoms with E-state index in [-0.39, 0.29) is 11.7 Å². The summed E-state index contributed by atoms with van der Waals surface area (Å²) in [6.45, 7) is 7.87. The first kappa shape index (κ1) is 10.7. The topological polar surface area (TPSA) is 17.1 Å². The van der Waals surface area contributed by atoms with Gasteiger partial charge in [0.25, 0.3) is 0 Å². The molecule has 72 valence electrons. The van der Waals surface area contributed by atoms with Crippen molar-refractivity contribution >= 4 is 21.7 Å². The normalized spacial score (nSPS) is 28.5. The minimum atomic E-state index is 0.107. The number of alkyl halides is 1. The number of carbonyl (C=O) groups excluding carboxylic acids is 1. The summed E-state index contributed by atoms with van der Waals surface area (Å²) >= 11 is 3.38. The first-order chi connectivity index (χ1) is 6.07. The summed E-state index contributed by atoms with van der Waals surface area (Å²) < 4.78 is 0. The molecule has 1 aliphatic carbocycles. The van der Waals surface area contributed by atoms with Crippen molar-refractivity contribution in [1.29, 1.82) is 0 Å². The van der Waals surface area contributed by atoms with Crippen LogP contribution in [0.5, 0.6) is 0 Å². The molecule has 2 heteroatoms. The highest BCUT2D eigenvalue weighted by atomic mass is 79.9. The molecule has 0 radical (unpaired) electrons. The van der Waals surface area contributed by atoms with E-state index in [0.29, 0.717) is 5.92 Å².